The van der Waals surface area contributed by atoms with E-state index in [-0.39, 0.29) is 12.0 Å². The monoisotopic (exact) mass is 357 g/mol. The molecule has 5 nitrogen and oxygen atoms in total. The summed E-state index contributed by atoms with van der Waals surface area (Å²) in [5.74, 6) is 0.766. The van der Waals surface area contributed by atoms with Gasteiger partial charge in [0.25, 0.3) is 0 Å². The summed E-state index contributed by atoms with van der Waals surface area (Å²) in [5.41, 5.74) is 4.51. The van der Waals surface area contributed by atoms with Crippen molar-refractivity contribution in [2.75, 3.05) is 0 Å². The molecule has 0 spiro atoms. The van der Waals surface area contributed by atoms with Crippen LogP contribution < -0.4 is 4.74 Å². The quantitative estimate of drug-likeness (QED) is 0.515. The standard InChI is InChI=1S/C22H19N3O2/c1-25-20-6-7-23-12-19(20)18-4-2-15(10-21(18)25)16-3-5-22(24-11-16)27-17-8-14(9-17)13-26/h2-7,10-14,17H,8-9H2,1H3/t14-,17-. The number of ether oxygens (including phenoxy) is 1. The van der Waals surface area contributed by atoms with Crippen LogP contribution in [-0.4, -0.2) is 26.9 Å². The molecule has 0 saturated heterocycles. The molecule has 1 aliphatic rings. The molecule has 3 heterocycles. The van der Waals surface area contributed by atoms with Crippen molar-refractivity contribution < 1.29 is 9.53 Å². The molecule has 134 valence electrons. The van der Waals surface area contributed by atoms with Crippen molar-refractivity contribution in [3.05, 3.63) is 55.0 Å². The van der Waals surface area contributed by atoms with Gasteiger partial charge in [-0.25, -0.2) is 4.98 Å². The Kier molecular flexibility index (Phi) is 3.67. The van der Waals surface area contributed by atoms with Gasteiger partial charge in [-0.15, -0.1) is 0 Å². The molecule has 0 bridgehead atoms. The van der Waals surface area contributed by atoms with Crippen molar-refractivity contribution in [2.24, 2.45) is 13.0 Å². The van der Waals surface area contributed by atoms with Crippen LogP contribution in [0.15, 0.2) is 55.0 Å². The molecule has 5 rings (SSSR count). The highest BCUT2D eigenvalue weighted by molar-refractivity contribution is 6.08. The highest BCUT2D eigenvalue weighted by Gasteiger charge is 2.30. The van der Waals surface area contributed by atoms with E-state index in [9.17, 15) is 4.79 Å². The second kappa shape index (κ2) is 6.20. The average molecular weight is 357 g/mol. The topological polar surface area (TPSA) is 57.0 Å². The zero-order valence-electron chi connectivity index (χ0n) is 15.0. The number of carbonyl (C=O) groups is 1. The molecule has 4 aromatic rings. The average Bonchev–Trinajstić information content (AvgIpc) is 2.97. The molecule has 1 saturated carbocycles. The molecule has 0 amide bonds. The lowest BCUT2D eigenvalue weighted by Gasteiger charge is -2.31. The van der Waals surface area contributed by atoms with Crippen LogP contribution in [0.3, 0.4) is 0 Å². The Hall–Kier alpha value is -3.21. The van der Waals surface area contributed by atoms with Crippen LogP contribution in [0.25, 0.3) is 32.9 Å². The van der Waals surface area contributed by atoms with Crippen molar-refractivity contribution in [3.63, 3.8) is 0 Å². The predicted molar refractivity (Wildman–Crippen MR) is 105 cm³/mol. The number of aldehydes is 1. The van der Waals surface area contributed by atoms with E-state index in [1.165, 1.54) is 16.4 Å². The number of benzene rings is 1. The van der Waals surface area contributed by atoms with Crippen LogP contribution in [0.4, 0.5) is 0 Å². The fourth-order valence-electron chi connectivity index (χ4n) is 3.84. The van der Waals surface area contributed by atoms with E-state index in [1.807, 2.05) is 36.8 Å². The van der Waals surface area contributed by atoms with Gasteiger partial charge in [0, 0.05) is 59.5 Å². The van der Waals surface area contributed by atoms with Crippen molar-refractivity contribution >= 4 is 28.1 Å². The van der Waals surface area contributed by atoms with Gasteiger partial charge in [0.1, 0.15) is 12.4 Å². The number of aryl methyl sites for hydroxylation is 1. The Bertz CT molecular complexity index is 1140. The fraction of sp³-hybridized carbons (Fsp3) is 0.227. The number of pyridine rings is 2. The first-order valence-corrected chi connectivity index (χ1v) is 9.13. The zero-order valence-corrected chi connectivity index (χ0v) is 15.0. The number of fused-ring (bicyclic) bond motifs is 3. The summed E-state index contributed by atoms with van der Waals surface area (Å²) in [4.78, 5) is 19.4. The third kappa shape index (κ3) is 2.67. The van der Waals surface area contributed by atoms with Crippen molar-refractivity contribution in [3.8, 4) is 17.0 Å². The first kappa shape index (κ1) is 16.0. The van der Waals surface area contributed by atoms with Crippen LogP contribution in [0.5, 0.6) is 5.88 Å². The SMILES string of the molecule is Cn1c2ccncc2c2ccc(-c3ccc(O[C@H]4C[C@H](C=O)C4)nc3)cc21. The molecular weight excluding hydrogens is 338 g/mol. The van der Waals surface area contributed by atoms with Gasteiger partial charge in [0.05, 0.1) is 5.52 Å². The minimum absolute atomic E-state index is 0.110. The molecule has 0 atom stereocenters. The number of carbonyl (C=O) groups excluding carboxylic acids is 1. The molecule has 0 N–H and O–H groups in total. The number of aromatic nitrogens is 3. The van der Waals surface area contributed by atoms with Crippen LogP contribution in [0.2, 0.25) is 0 Å². The summed E-state index contributed by atoms with van der Waals surface area (Å²) in [6, 6.07) is 12.4. The normalized spacial score (nSPS) is 19.1. The van der Waals surface area contributed by atoms with E-state index in [0.29, 0.717) is 5.88 Å². The first-order valence-electron chi connectivity index (χ1n) is 9.13. The number of nitrogens with zero attached hydrogens (tertiary/aromatic N) is 3. The summed E-state index contributed by atoms with van der Waals surface area (Å²) < 4.78 is 8.02. The number of hydrogen-bond acceptors (Lipinski definition) is 4. The van der Waals surface area contributed by atoms with Crippen LogP contribution in [0, 0.1) is 5.92 Å². The number of hydrogen-bond donors (Lipinski definition) is 0. The van der Waals surface area contributed by atoms with Gasteiger partial charge in [-0.1, -0.05) is 12.1 Å². The van der Waals surface area contributed by atoms with Crippen molar-refractivity contribution in [1.29, 1.82) is 0 Å². The fourth-order valence-corrected chi connectivity index (χ4v) is 3.84. The van der Waals surface area contributed by atoms with Gasteiger partial charge < -0.3 is 14.1 Å². The van der Waals surface area contributed by atoms with Gasteiger partial charge in [0.2, 0.25) is 5.88 Å². The predicted octanol–water partition coefficient (Wildman–Crippen LogP) is 4.14. The molecule has 0 unspecified atom stereocenters. The highest BCUT2D eigenvalue weighted by atomic mass is 16.5. The van der Waals surface area contributed by atoms with Crippen molar-refractivity contribution in [2.45, 2.75) is 18.9 Å². The molecule has 1 fully saturated rings. The molecule has 3 aromatic heterocycles. The summed E-state index contributed by atoms with van der Waals surface area (Å²) in [5, 5.41) is 2.37. The molecule has 0 radical (unpaired) electrons. The van der Waals surface area contributed by atoms with E-state index >= 15 is 0 Å². The smallest absolute Gasteiger partial charge is 0.213 e. The highest BCUT2D eigenvalue weighted by Crippen LogP contribution is 2.32. The van der Waals surface area contributed by atoms with E-state index in [4.69, 9.17) is 4.74 Å². The van der Waals surface area contributed by atoms with Crippen LogP contribution in [0.1, 0.15) is 12.8 Å². The van der Waals surface area contributed by atoms with Gasteiger partial charge in [-0.3, -0.25) is 4.98 Å². The zero-order chi connectivity index (χ0) is 18.4. The Morgan fingerprint density at radius 2 is 1.89 bits per heavy atom. The largest absolute Gasteiger partial charge is 0.474 e. The Labute approximate surface area is 156 Å². The van der Waals surface area contributed by atoms with Gasteiger partial charge >= 0.3 is 0 Å². The van der Waals surface area contributed by atoms with E-state index in [1.54, 1.807) is 0 Å². The minimum Gasteiger partial charge on any atom is -0.474 e. The molecule has 5 heteroatoms. The lowest BCUT2D eigenvalue weighted by molar-refractivity contribution is -0.116. The summed E-state index contributed by atoms with van der Waals surface area (Å²) in [7, 11) is 2.08. The van der Waals surface area contributed by atoms with Crippen LogP contribution in [-0.2, 0) is 11.8 Å². The molecule has 1 aliphatic carbocycles. The van der Waals surface area contributed by atoms with Crippen molar-refractivity contribution in [1.82, 2.24) is 14.5 Å². The van der Waals surface area contributed by atoms with E-state index < -0.39 is 0 Å². The second-order valence-electron chi connectivity index (χ2n) is 7.18. The summed E-state index contributed by atoms with van der Waals surface area (Å²) >= 11 is 0. The maximum atomic E-state index is 10.7. The maximum absolute atomic E-state index is 10.7. The first-order chi connectivity index (χ1) is 13.2. The van der Waals surface area contributed by atoms with Crippen LogP contribution >= 0.6 is 0 Å². The maximum Gasteiger partial charge on any atom is 0.213 e. The third-order valence-corrected chi connectivity index (χ3v) is 5.49. The summed E-state index contributed by atoms with van der Waals surface area (Å²) in [6.45, 7) is 0. The van der Waals surface area contributed by atoms with Gasteiger partial charge in [-0.05, 0) is 36.6 Å². The lowest BCUT2D eigenvalue weighted by atomic mass is 9.83. The molecule has 1 aromatic carbocycles. The third-order valence-electron chi connectivity index (χ3n) is 5.49. The van der Waals surface area contributed by atoms with E-state index in [0.717, 1.165) is 35.6 Å². The lowest BCUT2D eigenvalue weighted by Crippen LogP contribution is -2.34. The Morgan fingerprint density at radius 3 is 2.67 bits per heavy atom. The second-order valence-corrected chi connectivity index (χ2v) is 7.18. The van der Waals surface area contributed by atoms with Gasteiger partial charge in [0.15, 0.2) is 0 Å². The van der Waals surface area contributed by atoms with Gasteiger partial charge in [-0.2, -0.15) is 0 Å². The van der Waals surface area contributed by atoms with E-state index in [2.05, 4.69) is 39.8 Å². The minimum atomic E-state index is 0.110. The Morgan fingerprint density at radius 1 is 1.04 bits per heavy atom. The summed E-state index contributed by atoms with van der Waals surface area (Å²) in [6.07, 6.45) is 8.29. The Balaban J connectivity index is 1.44. The molecule has 27 heavy (non-hydrogen) atoms. The molecular formula is C22H19N3O2. The molecule has 0 aliphatic heterocycles. The number of rotatable bonds is 4.